The summed E-state index contributed by atoms with van der Waals surface area (Å²) in [5.74, 6) is -0.232. The molecule has 0 radical (unpaired) electrons. The maximum absolute atomic E-state index is 12.6. The Morgan fingerprint density at radius 3 is 2.50 bits per heavy atom. The minimum Gasteiger partial charge on any atom is -0.310 e. The van der Waals surface area contributed by atoms with Crippen LogP contribution in [0.1, 0.15) is 24.9 Å². The quantitative estimate of drug-likeness (QED) is 0.719. The highest BCUT2D eigenvalue weighted by atomic mass is 19.1. The van der Waals surface area contributed by atoms with Crippen molar-refractivity contribution >= 4 is 0 Å². The fourth-order valence-corrected chi connectivity index (χ4v) is 1.25. The van der Waals surface area contributed by atoms with Crippen LogP contribution in [-0.2, 0) is 0 Å². The second-order valence-corrected chi connectivity index (χ2v) is 3.27. The second kappa shape index (κ2) is 5.70. The van der Waals surface area contributed by atoms with Gasteiger partial charge in [-0.2, -0.15) is 0 Å². The molecule has 0 aliphatic heterocycles. The van der Waals surface area contributed by atoms with Gasteiger partial charge in [0.05, 0.1) is 6.67 Å². The average Bonchev–Trinajstić information content (AvgIpc) is 2.19. The molecule has 0 spiro atoms. The lowest BCUT2D eigenvalue weighted by molar-refractivity contribution is 0.446. The van der Waals surface area contributed by atoms with E-state index >= 15 is 0 Å². The van der Waals surface area contributed by atoms with Crippen molar-refractivity contribution in [3.8, 4) is 0 Å². The summed E-state index contributed by atoms with van der Waals surface area (Å²) in [6, 6.07) is 6.48. The van der Waals surface area contributed by atoms with Crippen molar-refractivity contribution in [2.24, 2.45) is 0 Å². The predicted octanol–water partition coefficient (Wildman–Crippen LogP) is 2.84. The van der Waals surface area contributed by atoms with Crippen LogP contribution in [0.4, 0.5) is 8.78 Å². The maximum atomic E-state index is 12.6. The van der Waals surface area contributed by atoms with Gasteiger partial charge in [0.1, 0.15) is 5.82 Å². The van der Waals surface area contributed by atoms with Gasteiger partial charge in [0.25, 0.3) is 0 Å². The third-order valence-electron chi connectivity index (χ3n) is 2.13. The van der Waals surface area contributed by atoms with Gasteiger partial charge in [0.15, 0.2) is 0 Å². The van der Waals surface area contributed by atoms with Gasteiger partial charge in [-0.15, -0.1) is 0 Å². The zero-order valence-electron chi connectivity index (χ0n) is 8.26. The van der Waals surface area contributed by atoms with Crippen LogP contribution in [0.5, 0.6) is 0 Å². The molecule has 0 aromatic heterocycles. The molecule has 0 aliphatic rings. The van der Waals surface area contributed by atoms with Gasteiger partial charge in [0, 0.05) is 6.04 Å². The van der Waals surface area contributed by atoms with Gasteiger partial charge in [0.2, 0.25) is 0 Å². The van der Waals surface area contributed by atoms with E-state index in [-0.39, 0.29) is 18.5 Å². The highest BCUT2D eigenvalue weighted by Crippen LogP contribution is 2.12. The molecular formula is C11H15F2N. The number of rotatable bonds is 5. The Kier molecular flexibility index (Phi) is 4.53. The normalized spacial score (nSPS) is 12.8. The molecule has 1 N–H and O–H groups in total. The first-order chi connectivity index (χ1) is 6.74. The summed E-state index contributed by atoms with van der Waals surface area (Å²) >= 11 is 0. The molecule has 0 saturated carbocycles. The Morgan fingerprint density at radius 2 is 1.93 bits per heavy atom. The van der Waals surface area contributed by atoms with Crippen LogP contribution in [0, 0.1) is 5.82 Å². The van der Waals surface area contributed by atoms with E-state index in [9.17, 15) is 8.78 Å². The van der Waals surface area contributed by atoms with Gasteiger partial charge in [-0.1, -0.05) is 12.1 Å². The van der Waals surface area contributed by atoms with Crippen LogP contribution in [0.3, 0.4) is 0 Å². The average molecular weight is 199 g/mol. The molecule has 78 valence electrons. The summed E-state index contributed by atoms with van der Waals surface area (Å²) < 4.78 is 24.4. The summed E-state index contributed by atoms with van der Waals surface area (Å²) in [7, 11) is 0. The molecule has 0 saturated heterocycles. The summed E-state index contributed by atoms with van der Waals surface area (Å²) in [5.41, 5.74) is 1.02. The molecule has 0 bridgehead atoms. The molecule has 1 aromatic carbocycles. The Balaban J connectivity index is 2.43. The van der Waals surface area contributed by atoms with Crippen LogP contribution < -0.4 is 5.32 Å². The summed E-state index contributed by atoms with van der Waals surface area (Å²) in [5, 5.41) is 3.16. The minimum atomic E-state index is -0.302. The van der Waals surface area contributed by atoms with Crippen molar-refractivity contribution in [3.05, 3.63) is 35.6 Å². The first-order valence-electron chi connectivity index (χ1n) is 4.79. The van der Waals surface area contributed by atoms with Crippen molar-refractivity contribution in [2.75, 3.05) is 13.2 Å². The van der Waals surface area contributed by atoms with Gasteiger partial charge in [-0.05, 0) is 37.6 Å². The zero-order chi connectivity index (χ0) is 10.4. The first kappa shape index (κ1) is 11.1. The smallest absolute Gasteiger partial charge is 0.123 e. The maximum Gasteiger partial charge on any atom is 0.123 e. The van der Waals surface area contributed by atoms with Crippen LogP contribution in [0.25, 0.3) is 0 Å². The molecular weight excluding hydrogens is 184 g/mol. The highest BCUT2D eigenvalue weighted by molar-refractivity contribution is 5.19. The SMILES string of the molecule is CC(NCCCF)c1ccc(F)cc1. The lowest BCUT2D eigenvalue weighted by Crippen LogP contribution is -2.20. The monoisotopic (exact) mass is 199 g/mol. The third-order valence-corrected chi connectivity index (χ3v) is 2.13. The van der Waals surface area contributed by atoms with Crippen LogP contribution in [0.2, 0.25) is 0 Å². The third kappa shape index (κ3) is 3.42. The van der Waals surface area contributed by atoms with Crippen LogP contribution >= 0.6 is 0 Å². The van der Waals surface area contributed by atoms with E-state index in [0.717, 1.165) is 5.56 Å². The predicted molar refractivity (Wildman–Crippen MR) is 53.4 cm³/mol. The fraction of sp³-hybridized carbons (Fsp3) is 0.455. The number of benzene rings is 1. The lowest BCUT2D eigenvalue weighted by Gasteiger charge is -2.13. The van der Waals surface area contributed by atoms with E-state index in [1.807, 2.05) is 6.92 Å². The summed E-state index contributed by atoms with van der Waals surface area (Å²) in [4.78, 5) is 0. The van der Waals surface area contributed by atoms with E-state index in [1.165, 1.54) is 12.1 Å². The fourth-order valence-electron chi connectivity index (χ4n) is 1.25. The van der Waals surface area contributed by atoms with E-state index in [4.69, 9.17) is 0 Å². The number of nitrogens with one attached hydrogen (secondary N) is 1. The molecule has 1 rings (SSSR count). The van der Waals surface area contributed by atoms with E-state index in [0.29, 0.717) is 13.0 Å². The zero-order valence-corrected chi connectivity index (χ0v) is 8.26. The van der Waals surface area contributed by atoms with Gasteiger partial charge < -0.3 is 5.32 Å². The standard InChI is InChI=1S/C11H15F2N/c1-9(14-8-2-7-12)10-3-5-11(13)6-4-10/h3-6,9,14H,2,7-8H2,1H3. The molecule has 1 atom stereocenters. The first-order valence-corrected chi connectivity index (χ1v) is 4.79. The van der Waals surface area contributed by atoms with Gasteiger partial charge >= 0.3 is 0 Å². The van der Waals surface area contributed by atoms with Crippen molar-refractivity contribution < 1.29 is 8.78 Å². The molecule has 1 aromatic rings. The van der Waals surface area contributed by atoms with Crippen molar-refractivity contribution in [3.63, 3.8) is 0 Å². The van der Waals surface area contributed by atoms with Gasteiger partial charge in [-0.3, -0.25) is 4.39 Å². The number of alkyl halides is 1. The molecule has 0 heterocycles. The second-order valence-electron chi connectivity index (χ2n) is 3.27. The van der Waals surface area contributed by atoms with Crippen LogP contribution in [-0.4, -0.2) is 13.2 Å². The van der Waals surface area contributed by atoms with E-state index < -0.39 is 0 Å². The van der Waals surface area contributed by atoms with Crippen molar-refractivity contribution in [1.82, 2.24) is 5.32 Å². The Labute approximate surface area is 83.1 Å². The summed E-state index contributed by atoms with van der Waals surface area (Å²) in [6.45, 7) is 2.32. The molecule has 0 fully saturated rings. The largest absolute Gasteiger partial charge is 0.310 e. The van der Waals surface area contributed by atoms with Crippen molar-refractivity contribution in [1.29, 1.82) is 0 Å². The molecule has 1 unspecified atom stereocenters. The number of halogens is 2. The molecule has 14 heavy (non-hydrogen) atoms. The molecule has 1 nitrogen and oxygen atoms in total. The van der Waals surface area contributed by atoms with Crippen molar-refractivity contribution in [2.45, 2.75) is 19.4 Å². The lowest BCUT2D eigenvalue weighted by atomic mass is 10.1. The number of hydrogen-bond donors (Lipinski definition) is 1. The Bertz CT molecular complexity index is 258. The Hall–Kier alpha value is -0.960. The van der Waals surface area contributed by atoms with Crippen LogP contribution in [0.15, 0.2) is 24.3 Å². The molecule has 0 amide bonds. The van der Waals surface area contributed by atoms with E-state index in [1.54, 1.807) is 12.1 Å². The Morgan fingerprint density at radius 1 is 1.29 bits per heavy atom. The molecule has 3 heteroatoms. The topological polar surface area (TPSA) is 12.0 Å². The van der Waals surface area contributed by atoms with E-state index in [2.05, 4.69) is 5.32 Å². The highest BCUT2D eigenvalue weighted by Gasteiger charge is 2.03. The van der Waals surface area contributed by atoms with Gasteiger partial charge in [-0.25, -0.2) is 4.39 Å². The number of hydrogen-bond acceptors (Lipinski definition) is 1. The summed E-state index contributed by atoms with van der Waals surface area (Å²) in [6.07, 6.45) is 0.519. The minimum absolute atomic E-state index is 0.141. The molecule has 0 aliphatic carbocycles.